The van der Waals surface area contributed by atoms with Crippen LogP contribution in [0.4, 0.5) is 4.79 Å². The summed E-state index contributed by atoms with van der Waals surface area (Å²) in [4.78, 5) is 17.5. The molecule has 1 aromatic heterocycles. The molecule has 1 aliphatic rings. The fraction of sp³-hybridized carbons (Fsp3) is 0.600. The maximum Gasteiger partial charge on any atom is 0.410 e. The molecule has 2 heterocycles. The number of pyridine rings is 1. The molecular formula is C15H21ClN2O4. The number of piperidine rings is 1. The van der Waals surface area contributed by atoms with Crippen molar-refractivity contribution in [1.29, 1.82) is 0 Å². The standard InChI is InChI=1S/C15H21ClN2O4/c1-14(2,3)22-13(20)18-8-6-15(21,11(19)9-18)12-10(16)5-4-7-17-12/h4-5,7,11,19,21H,6,8-9H2,1-3H3/t11-,15+/m1/s1. The van der Waals surface area contributed by atoms with Crippen LogP contribution < -0.4 is 0 Å². The van der Waals surface area contributed by atoms with Gasteiger partial charge in [-0.05, 0) is 32.9 Å². The van der Waals surface area contributed by atoms with E-state index in [1.165, 1.54) is 11.1 Å². The number of carbonyl (C=O) groups is 1. The van der Waals surface area contributed by atoms with E-state index in [0.717, 1.165) is 0 Å². The van der Waals surface area contributed by atoms with E-state index in [1.54, 1.807) is 32.9 Å². The lowest BCUT2D eigenvalue weighted by molar-refractivity contribution is -0.125. The second kappa shape index (κ2) is 6.02. The van der Waals surface area contributed by atoms with Gasteiger partial charge >= 0.3 is 6.09 Å². The van der Waals surface area contributed by atoms with Gasteiger partial charge in [-0.1, -0.05) is 11.6 Å². The lowest BCUT2D eigenvalue weighted by atomic mass is 9.85. The molecule has 0 aromatic carbocycles. The summed E-state index contributed by atoms with van der Waals surface area (Å²) < 4.78 is 5.28. The van der Waals surface area contributed by atoms with E-state index in [1.807, 2.05) is 0 Å². The number of rotatable bonds is 1. The van der Waals surface area contributed by atoms with Gasteiger partial charge in [0.1, 0.15) is 17.3 Å². The number of aliphatic hydroxyl groups is 2. The van der Waals surface area contributed by atoms with E-state index in [-0.39, 0.29) is 30.2 Å². The third kappa shape index (κ3) is 3.51. The van der Waals surface area contributed by atoms with Crippen molar-refractivity contribution in [2.75, 3.05) is 13.1 Å². The number of β-amino-alcohol motifs (C(OH)–C–C–N with tert-alkyl or cyclic N) is 1. The smallest absolute Gasteiger partial charge is 0.410 e. The highest BCUT2D eigenvalue weighted by atomic mass is 35.5. The molecule has 122 valence electrons. The topological polar surface area (TPSA) is 82.9 Å². The van der Waals surface area contributed by atoms with E-state index in [2.05, 4.69) is 4.98 Å². The Kier molecular flexibility index (Phi) is 4.65. The lowest BCUT2D eigenvalue weighted by Gasteiger charge is -2.42. The van der Waals surface area contributed by atoms with Gasteiger partial charge in [-0.15, -0.1) is 0 Å². The first-order chi connectivity index (χ1) is 10.1. The Bertz CT molecular complexity index is 561. The average molecular weight is 329 g/mol. The van der Waals surface area contributed by atoms with E-state index < -0.39 is 23.4 Å². The summed E-state index contributed by atoms with van der Waals surface area (Å²) in [5.74, 6) is 0. The monoisotopic (exact) mass is 328 g/mol. The molecule has 2 atom stereocenters. The Balaban J connectivity index is 2.13. The molecule has 22 heavy (non-hydrogen) atoms. The van der Waals surface area contributed by atoms with Crippen LogP contribution in [0.3, 0.4) is 0 Å². The summed E-state index contributed by atoms with van der Waals surface area (Å²) in [5.41, 5.74) is -1.95. The van der Waals surface area contributed by atoms with Gasteiger partial charge in [0.05, 0.1) is 17.3 Å². The molecule has 6 nitrogen and oxygen atoms in total. The number of carbonyl (C=O) groups excluding carboxylic acids is 1. The van der Waals surface area contributed by atoms with Crippen LogP contribution in [0.5, 0.6) is 0 Å². The van der Waals surface area contributed by atoms with Crippen molar-refractivity contribution in [2.24, 2.45) is 0 Å². The first kappa shape index (κ1) is 17.0. The van der Waals surface area contributed by atoms with Crippen molar-refractivity contribution in [3.63, 3.8) is 0 Å². The van der Waals surface area contributed by atoms with Crippen LogP contribution in [0.1, 0.15) is 32.9 Å². The maximum absolute atomic E-state index is 12.0. The molecule has 1 saturated heterocycles. The molecule has 1 aliphatic heterocycles. The molecule has 2 rings (SSSR count). The molecule has 0 aliphatic carbocycles. The van der Waals surface area contributed by atoms with Gasteiger partial charge in [0, 0.05) is 19.2 Å². The zero-order chi connectivity index (χ0) is 16.5. The van der Waals surface area contributed by atoms with Crippen molar-refractivity contribution in [2.45, 2.75) is 44.5 Å². The minimum atomic E-state index is -1.57. The summed E-state index contributed by atoms with van der Waals surface area (Å²) in [6, 6.07) is 3.26. The number of likely N-dealkylation sites (tertiary alicyclic amines) is 1. The lowest BCUT2D eigenvalue weighted by Crippen LogP contribution is -2.56. The Morgan fingerprint density at radius 1 is 1.55 bits per heavy atom. The molecular weight excluding hydrogens is 308 g/mol. The van der Waals surface area contributed by atoms with Gasteiger partial charge < -0.3 is 19.8 Å². The highest BCUT2D eigenvalue weighted by Crippen LogP contribution is 2.35. The Labute approximate surface area is 134 Å². The van der Waals surface area contributed by atoms with E-state index in [9.17, 15) is 15.0 Å². The second-order valence-electron chi connectivity index (χ2n) is 6.45. The van der Waals surface area contributed by atoms with Crippen molar-refractivity contribution in [3.05, 3.63) is 29.0 Å². The normalized spacial score (nSPS) is 25.9. The van der Waals surface area contributed by atoms with Gasteiger partial charge in [0.15, 0.2) is 0 Å². The molecule has 1 aromatic rings. The summed E-state index contributed by atoms with van der Waals surface area (Å²) in [7, 11) is 0. The first-order valence-electron chi connectivity index (χ1n) is 7.13. The van der Waals surface area contributed by atoms with E-state index >= 15 is 0 Å². The third-order valence-electron chi connectivity index (χ3n) is 3.53. The summed E-state index contributed by atoms with van der Waals surface area (Å²) in [5, 5.41) is 21.4. The van der Waals surface area contributed by atoms with E-state index in [0.29, 0.717) is 0 Å². The minimum Gasteiger partial charge on any atom is -0.444 e. The largest absolute Gasteiger partial charge is 0.444 e. The fourth-order valence-corrected chi connectivity index (χ4v) is 2.68. The van der Waals surface area contributed by atoms with E-state index in [4.69, 9.17) is 16.3 Å². The number of hydrogen-bond donors (Lipinski definition) is 2. The van der Waals surface area contributed by atoms with Crippen molar-refractivity contribution >= 4 is 17.7 Å². The molecule has 7 heteroatoms. The van der Waals surface area contributed by atoms with Crippen LogP contribution in [0.25, 0.3) is 0 Å². The Hall–Kier alpha value is -1.37. The summed E-state index contributed by atoms with van der Waals surface area (Å²) in [6.45, 7) is 5.52. The number of hydrogen-bond acceptors (Lipinski definition) is 5. The maximum atomic E-state index is 12.0. The predicted octanol–water partition coefficient (Wildman–Crippen LogP) is 1.92. The first-order valence-corrected chi connectivity index (χ1v) is 7.50. The molecule has 2 N–H and O–H groups in total. The van der Waals surface area contributed by atoms with Gasteiger partial charge in [-0.2, -0.15) is 0 Å². The Morgan fingerprint density at radius 3 is 2.77 bits per heavy atom. The van der Waals surface area contributed by atoms with Crippen LogP contribution in [0.2, 0.25) is 5.02 Å². The van der Waals surface area contributed by atoms with Crippen LogP contribution >= 0.6 is 11.6 Å². The highest BCUT2D eigenvalue weighted by molar-refractivity contribution is 6.31. The molecule has 0 saturated carbocycles. The van der Waals surface area contributed by atoms with Gasteiger partial charge in [-0.3, -0.25) is 4.98 Å². The average Bonchev–Trinajstić information content (AvgIpc) is 2.40. The SMILES string of the molecule is CC(C)(C)OC(=O)N1CC[C@@](O)(c2ncccc2Cl)[C@H](O)C1. The van der Waals surface area contributed by atoms with Crippen molar-refractivity contribution in [1.82, 2.24) is 9.88 Å². The van der Waals surface area contributed by atoms with Crippen LogP contribution in [0.15, 0.2) is 18.3 Å². The Morgan fingerprint density at radius 2 is 2.23 bits per heavy atom. The molecule has 0 spiro atoms. The molecule has 1 amide bonds. The summed E-state index contributed by atoms with van der Waals surface area (Å²) >= 11 is 6.06. The van der Waals surface area contributed by atoms with Gasteiger partial charge in [-0.25, -0.2) is 4.79 Å². The molecule has 0 unspecified atom stereocenters. The van der Waals surface area contributed by atoms with Crippen LogP contribution in [0, 0.1) is 0 Å². The van der Waals surface area contributed by atoms with Gasteiger partial charge in [0.25, 0.3) is 0 Å². The number of amides is 1. The van der Waals surface area contributed by atoms with Crippen molar-refractivity contribution < 1.29 is 19.7 Å². The fourth-order valence-electron chi connectivity index (χ4n) is 2.40. The van der Waals surface area contributed by atoms with Crippen LogP contribution in [-0.2, 0) is 10.3 Å². The molecule has 0 bridgehead atoms. The highest BCUT2D eigenvalue weighted by Gasteiger charge is 2.46. The third-order valence-corrected chi connectivity index (χ3v) is 3.83. The minimum absolute atomic E-state index is 0.0433. The second-order valence-corrected chi connectivity index (χ2v) is 6.86. The quantitative estimate of drug-likeness (QED) is 0.823. The number of nitrogens with zero attached hydrogens (tertiary/aromatic N) is 2. The number of halogens is 1. The van der Waals surface area contributed by atoms with Crippen LogP contribution in [-0.4, -0.2) is 51.0 Å². The summed E-state index contributed by atoms with van der Waals surface area (Å²) in [6.07, 6.45) is -0.0714. The zero-order valence-corrected chi connectivity index (χ0v) is 13.7. The van der Waals surface area contributed by atoms with Crippen molar-refractivity contribution in [3.8, 4) is 0 Å². The predicted molar refractivity (Wildman–Crippen MR) is 81.6 cm³/mol. The number of aromatic nitrogens is 1. The zero-order valence-electron chi connectivity index (χ0n) is 12.9. The molecule has 1 fully saturated rings. The number of ether oxygens (including phenoxy) is 1. The molecule has 0 radical (unpaired) electrons. The van der Waals surface area contributed by atoms with Gasteiger partial charge in [0.2, 0.25) is 0 Å². The number of aliphatic hydroxyl groups excluding tert-OH is 1.